The van der Waals surface area contributed by atoms with Crippen molar-refractivity contribution in [3.63, 3.8) is 0 Å². The van der Waals surface area contributed by atoms with Crippen LogP contribution in [0.15, 0.2) is 0 Å². The third kappa shape index (κ3) is 5.78. The Morgan fingerprint density at radius 2 is 1.82 bits per heavy atom. The molecule has 0 aromatic carbocycles. The molecule has 0 amide bonds. The number of cyclic esters (lactones) is 6. The number of carbonyl (C=O) groups is 4. The second kappa shape index (κ2) is 9.77. The first-order valence-corrected chi connectivity index (χ1v) is 10.5. The number of esters is 1. The third-order valence-electron chi connectivity index (χ3n) is 5.57. The maximum Gasteiger partial charge on any atom is 0.511 e. The van der Waals surface area contributed by atoms with E-state index in [0.717, 1.165) is 0 Å². The lowest BCUT2D eigenvalue weighted by molar-refractivity contribution is -0.189. The van der Waals surface area contributed by atoms with Gasteiger partial charge in [-0.3, -0.25) is 0 Å². The van der Waals surface area contributed by atoms with Crippen LogP contribution in [0.5, 0.6) is 0 Å². The van der Waals surface area contributed by atoms with Gasteiger partial charge in [0.2, 0.25) is 6.10 Å². The Balaban J connectivity index is 1.32. The van der Waals surface area contributed by atoms with Crippen LogP contribution in [0.4, 0.5) is 14.4 Å². The molecule has 190 valence electrons. The molecule has 4 heterocycles. The van der Waals surface area contributed by atoms with Crippen LogP contribution in [0.2, 0.25) is 0 Å². The number of hydrogen-bond donors (Lipinski definition) is 1. The number of ether oxygens (including phenoxy) is 10. The van der Waals surface area contributed by atoms with E-state index in [1.54, 1.807) is 6.92 Å². The van der Waals surface area contributed by atoms with Gasteiger partial charge in [-0.25, -0.2) is 19.2 Å². The fraction of sp³-hybridized carbons (Fsp3) is 0.789. The second-order valence-electron chi connectivity index (χ2n) is 8.21. The molecule has 0 aromatic rings. The van der Waals surface area contributed by atoms with Crippen molar-refractivity contribution in [2.75, 3.05) is 46.2 Å². The molecule has 0 radical (unpaired) electrons. The second-order valence-corrected chi connectivity index (χ2v) is 8.21. The molecule has 34 heavy (non-hydrogen) atoms. The van der Waals surface area contributed by atoms with Gasteiger partial charge in [-0.1, -0.05) is 6.92 Å². The summed E-state index contributed by atoms with van der Waals surface area (Å²) in [4.78, 5) is 45.5. The molecule has 0 saturated carbocycles. The average Bonchev–Trinajstić information content (AvgIpc) is 3.06. The third-order valence-corrected chi connectivity index (χ3v) is 5.57. The normalized spacial score (nSPS) is 33.6. The molecule has 4 fully saturated rings. The van der Waals surface area contributed by atoms with Gasteiger partial charge in [-0.05, 0) is 6.42 Å². The van der Waals surface area contributed by atoms with Gasteiger partial charge < -0.3 is 52.5 Å². The summed E-state index contributed by atoms with van der Waals surface area (Å²) in [6.07, 6.45) is -5.35. The number of aliphatic hydroxyl groups is 1. The Bertz CT molecular complexity index is 816. The average molecular weight is 492 g/mol. The smallest absolute Gasteiger partial charge is 0.462 e. The standard InChI is InChI=1S/C19H24O15/c1-2-18(5-25-8-19(24)9-30-17(23)34-19,6-28-13(20)11-4-27-16(22)32-11)7-29-14-12(33-14)10-3-26-15(21)31-10/h10-12,14,24H,2-9H2,1H3. The lowest BCUT2D eigenvalue weighted by Crippen LogP contribution is -2.43. The number of hydrogen-bond acceptors (Lipinski definition) is 15. The molecule has 4 aliphatic rings. The lowest BCUT2D eigenvalue weighted by atomic mass is 9.88. The van der Waals surface area contributed by atoms with Crippen molar-refractivity contribution in [2.45, 2.75) is 43.7 Å². The van der Waals surface area contributed by atoms with Gasteiger partial charge in [0.05, 0.1) is 18.6 Å². The fourth-order valence-corrected chi connectivity index (χ4v) is 3.35. The van der Waals surface area contributed by atoms with E-state index in [0.29, 0.717) is 6.42 Å². The molecule has 4 rings (SSSR count). The van der Waals surface area contributed by atoms with Crippen molar-refractivity contribution < 1.29 is 71.7 Å². The molecule has 4 saturated heterocycles. The minimum atomic E-state index is -1.94. The minimum absolute atomic E-state index is 0.0187. The molecule has 6 unspecified atom stereocenters. The maximum absolute atomic E-state index is 12.3. The predicted molar refractivity (Wildman–Crippen MR) is 98.9 cm³/mol. The summed E-state index contributed by atoms with van der Waals surface area (Å²) in [5, 5.41) is 10.2. The monoisotopic (exact) mass is 492 g/mol. The van der Waals surface area contributed by atoms with Crippen molar-refractivity contribution >= 4 is 24.4 Å². The van der Waals surface area contributed by atoms with E-state index in [1.807, 2.05) is 0 Å². The van der Waals surface area contributed by atoms with Crippen molar-refractivity contribution in [1.82, 2.24) is 0 Å². The van der Waals surface area contributed by atoms with Crippen molar-refractivity contribution in [1.29, 1.82) is 0 Å². The molecular formula is C19H24O15. The molecular weight excluding hydrogens is 468 g/mol. The topological polar surface area (TPSA) is 184 Å². The number of rotatable bonds is 12. The van der Waals surface area contributed by atoms with Crippen LogP contribution < -0.4 is 0 Å². The first-order valence-electron chi connectivity index (χ1n) is 10.5. The van der Waals surface area contributed by atoms with E-state index in [-0.39, 0.29) is 33.0 Å². The summed E-state index contributed by atoms with van der Waals surface area (Å²) >= 11 is 0. The summed E-state index contributed by atoms with van der Waals surface area (Å²) < 4.78 is 50.3. The molecule has 0 aliphatic carbocycles. The summed E-state index contributed by atoms with van der Waals surface area (Å²) in [6, 6.07) is 0. The number of epoxide rings is 1. The minimum Gasteiger partial charge on any atom is -0.462 e. The first-order chi connectivity index (χ1) is 16.2. The molecule has 4 aliphatic heterocycles. The van der Waals surface area contributed by atoms with Gasteiger partial charge in [-0.2, -0.15) is 0 Å². The molecule has 0 bridgehead atoms. The molecule has 15 nitrogen and oxygen atoms in total. The SMILES string of the molecule is CCC(COCC1(O)COC(=O)O1)(COC(=O)C1COC(=O)O1)COC1OC1C1COC(=O)O1. The van der Waals surface area contributed by atoms with Crippen molar-refractivity contribution in [3.8, 4) is 0 Å². The Hall–Kier alpha value is -2.88. The first kappa shape index (κ1) is 24.3. The highest BCUT2D eigenvalue weighted by atomic mass is 16.8. The Morgan fingerprint density at radius 3 is 2.44 bits per heavy atom. The van der Waals surface area contributed by atoms with Gasteiger partial charge >= 0.3 is 24.4 Å². The van der Waals surface area contributed by atoms with E-state index in [2.05, 4.69) is 14.2 Å². The van der Waals surface area contributed by atoms with E-state index in [4.69, 9.17) is 33.2 Å². The van der Waals surface area contributed by atoms with E-state index >= 15 is 0 Å². The Labute approximate surface area is 192 Å². The molecule has 6 atom stereocenters. The van der Waals surface area contributed by atoms with Crippen LogP contribution in [0, 0.1) is 5.41 Å². The Kier molecular flexibility index (Phi) is 6.97. The van der Waals surface area contributed by atoms with Gasteiger partial charge in [0.15, 0.2) is 25.1 Å². The van der Waals surface area contributed by atoms with Gasteiger partial charge in [0.25, 0.3) is 5.79 Å². The van der Waals surface area contributed by atoms with Crippen LogP contribution in [0.1, 0.15) is 13.3 Å². The number of carbonyl (C=O) groups excluding carboxylic acids is 4. The van der Waals surface area contributed by atoms with Gasteiger partial charge in [0, 0.05) is 0 Å². The summed E-state index contributed by atoms with van der Waals surface area (Å²) in [7, 11) is 0. The molecule has 15 heteroatoms. The summed E-state index contributed by atoms with van der Waals surface area (Å²) in [5.41, 5.74) is -0.932. The van der Waals surface area contributed by atoms with Crippen molar-refractivity contribution in [2.24, 2.45) is 5.41 Å². The van der Waals surface area contributed by atoms with Crippen molar-refractivity contribution in [3.05, 3.63) is 0 Å². The Morgan fingerprint density at radius 1 is 1.06 bits per heavy atom. The highest BCUT2D eigenvalue weighted by Crippen LogP contribution is 2.34. The summed E-state index contributed by atoms with van der Waals surface area (Å²) in [5.74, 6) is -2.75. The van der Waals surface area contributed by atoms with E-state index in [9.17, 15) is 24.3 Å². The largest absolute Gasteiger partial charge is 0.511 e. The lowest BCUT2D eigenvalue weighted by Gasteiger charge is -2.32. The van der Waals surface area contributed by atoms with Crippen LogP contribution in [0.25, 0.3) is 0 Å². The van der Waals surface area contributed by atoms with Gasteiger partial charge in [0.1, 0.15) is 26.4 Å². The zero-order valence-corrected chi connectivity index (χ0v) is 18.1. The fourth-order valence-electron chi connectivity index (χ4n) is 3.35. The summed E-state index contributed by atoms with van der Waals surface area (Å²) in [6.45, 7) is 0.469. The zero-order chi connectivity index (χ0) is 24.3. The van der Waals surface area contributed by atoms with Crippen LogP contribution in [0.3, 0.4) is 0 Å². The van der Waals surface area contributed by atoms with E-state index in [1.165, 1.54) is 0 Å². The quantitative estimate of drug-likeness (QED) is 0.211. The van der Waals surface area contributed by atoms with Crippen LogP contribution in [-0.4, -0.2) is 106 Å². The molecule has 0 aromatic heterocycles. The maximum atomic E-state index is 12.3. The van der Waals surface area contributed by atoms with Crippen LogP contribution in [-0.2, 0) is 52.2 Å². The zero-order valence-electron chi connectivity index (χ0n) is 18.1. The predicted octanol–water partition coefficient (Wildman–Crippen LogP) is -0.390. The molecule has 0 spiro atoms. The molecule has 1 N–H and O–H groups in total. The van der Waals surface area contributed by atoms with Crippen LogP contribution >= 0.6 is 0 Å². The highest BCUT2D eigenvalue weighted by Gasteiger charge is 2.52. The van der Waals surface area contributed by atoms with Gasteiger partial charge in [-0.15, -0.1) is 0 Å². The van der Waals surface area contributed by atoms with E-state index < -0.39 is 73.5 Å². The highest BCUT2D eigenvalue weighted by molar-refractivity contribution is 5.79.